The first-order chi connectivity index (χ1) is 11.1. The summed E-state index contributed by atoms with van der Waals surface area (Å²) in [6.45, 7) is 2.43. The number of carbonyl (C=O) groups is 2. The molecule has 5 heteroatoms. The molecule has 1 atom stereocenters. The molecular weight excluding hydrogens is 314 g/mol. The summed E-state index contributed by atoms with van der Waals surface area (Å²) in [7, 11) is 0. The van der Waals surface area contributed by atoms with Gasteiger partial charge >= 0.3 is 6.09 Å². The Bertz CT molecular complexity index is 465. The van der Waals surface area contributed by atoms with E-state index in [1.54, 1.807) is 0 Å². The van der Waals surface area contributed by atoms with Crippen LogP contribution in [0.5, 0.6) is 0 Å². The molecule has 4 nitrogen and oxygen atoms in total. The monoisotopic (exact) mass is 339 g/mol. The van der Waals surface area contributed by atoms with Crippen LogP contribution in [0.4, 0.5) is 4.79 Å². The minimum Gasteiger partial charge on any atom is -0.450 e. The van der Waals surface area contributed by atoms with Crippen molar-refractivity contribution in [3.05, 3.63) is 35.9 Å². The number of rotatable bonds is 11. The third kappa shape index (κ3) is 9.24. The number of alkyl carbamates (subject to hydrolysis) is 1. The highest BCUT2D eigenvalue weighted by atomic mass is 35.5. The Balaban J connectivity index is 2.13. The zero-order valence-corrected chi connectivity index (χ0v) is 14.5. The van der Waals surface area contributed by atoms with E-state index in [2.05, 4.69) is 12.2 Å². The summed E-state index contributed by atoms with van der Waals surface area (Å²) in [4.78, 5) is 23.3. The molecule has 0 bridgehead atoms. The molecule has 0 aromatic heterocycles. The summed E-state index contributed by atoms with van der Waals surface area (Å²) in [5, 5.41) is 1.86. The molecule has 0 heterocycles. The molecule has 0 aliphatic rings. The molecule has 0 saturated heterocycles. The summed E-state index contributed by atoms with van der Waals surface area (Å²) >= 11 is 6.08. The third-order valence-corrected chi connectivity index (χ3v) is 3.98. The van der Waals surface area contributed by atoms with Gasteiger partial charge in [-0.2, -0.15) is 0 Å². The first-order valence-electron chi connectivity index (χ1n) is 8.24. The van der Waals surface area contributed by atoms with Crippen LogP contribution in [-0.2, 0) is 16.0 Å². The van der Waals surface area contributed by atoms with Crippen LogP contribution in [0.3, 0.4) is 0 Å². The molecule has 1 aromatic carbocycles. The molecule has 0 aliphatic carbocycles. The lowest BCUT2D eigenvalue weighted by molar-refractivity contribution is -0.117. The number of hydrogen-bond acceptors (Lipinski definition) is 3. The lowest BCUT2D eigenvalue weighted by Crippen LogP contribution is -2.34. The number of ether oxygens (including phenoxy) is 1. The van der Waals surface area contributed by atoms with Crippen molar-refractivity contribution in [1.82, 2.24) is 5.32 Å². The number of amides is 1. The van der Waals surface area contributed by atoms with Crippen molar-refractivity contribution in [2.24, 2.45) is 0 Å². The second-order valence-electron chi connectivity index (χ2n) is 5.51. The first-order valence-corrected chi connectivity index (χ1v) is 8.68. The Morgan fingerprint density at radius 2 is 1.91 bits per heavy atom. The van der Waals surface area contributed by atoms with E-state index in [1.807, 2.05) is 30.3 Å². The number of Topliss-reactive ketones (excluding diaryl/α,β-unsaturated/α-hetero) is 1. The maximum atomic E-state index is 11.9. The van der Waals surface area contributed by atoms with Crippen molar-refractivity contribution in [2.75, 3.05) is 13.2 Å². The fourth-order valence-electron chi connectivity index (χ4n) is 2.11. The van der Waals surface area contributed by atoms with Gasteiger partial charge in [0.2, 0.25) is 0 Å². The minimum absolute atomic E-state index is 0.0866. The van der Waals surface area contributed by atoms with Gasteiger partial charge in [-0.1, -0.05) is 56.5 Å². The molecule has 1 rings (SSSR count). The normalized spacial score (nSPS) is 11.7. The Hall–Kier alpha value is -1.55. The van der Waals surface area contributed by atoms with E-state index < -0.39 is 11.5 Å². The fraction of sp³-hybridized carbons (Fsp3) is 0.556. The van der Waals surface area contributed by atoms with Crippen LogP contribution in [0.25, 0.3) is 0 Å². The van der Waals surface area contributed by atoms with E-state index >= 15 is 0 Å². The van der Waals surface area contributed by atoms with Gasteiger partial charge in [0.15, 0.2) is 5.78 Å². The van der Waals surface area contributed by atoms with E-state index in [1.165, 1.54) is 0 Å². The summed E-state index contributed by atoms with van der Waals surface area (Å²) < 4.78 is 5.00. The van der Waals surface area contributed by atoms with Crippen LogP contribution in [0.15, 0.2) is 30.3 Å². The number of hydrogen-bond donors (Lipinski definition) is 1. The van der Waals surface area contributed by atoms with Gasteiger partial charge in [0.25, 0.3) is 0 Å². The number of halogens is 1. The van der Waals surface area contributed by atoms with E-state index in [0.29, 0.717) is 13.0 Å². The van der Waals surface area contributed by atoms with E-state index in [-0.39, 0.29) is 12.3 Å². The molecule has 23 heavy (non-hydrogen) atoms. The number of unbranched alkanes of at least 4 members (excludes halogenated alkanes) is 3. The van der Waals surface area contributed by atoms with Crippen LogP contribution in [0.1, 0.15) is 44.6 Å². The van der Waals surface area contributed by atoms with Crippen LogP contribution in [0.2, 0.25) is 0 Å². The van der Waals surface area contributed by atoms with Crippen LogP contribution in [-0.4, -0.2) is 30.4 Å². The van der Waals surface area contributed by atoms with Gasteiger partial charge in [-0.25, -0.2) is 4.79 Å². The van der Waals surface area contributed by atoms with Crippen molar-refractivity contribution in [1.29, 1.82) is 0 Å². The molecule has 0 aliphatic heterocycles. The zero-order chi connectivity index (χ0) is 16.9. The standard InChI is InChI=1S/C18H26ClNO3/c1-2-3-4-8-13-23-18(22)20-14-17(21)16(19)12-11-15-9-6-5-7-10-15/h5-7,9-10,16H,2-4,8,11-14H2,1H3,(H,20,22). The topological polar surface area (TPSA) is 55.4 Å². The molecule has 1 aromatic rings. The van der Waals surface area contributed by atoms with Crippen molar-refractivity contribution in [3.8, 4) is 0 Å². The quantitative estimate of drug-likeness (QED) is 0.487. The first kappa shape index (κ1) is 19.5. The number of benzene rings is 1. The predicted octanol–water partition coefficient (Wildman–Crippen LogP) is 4.10. The predicted molar refractivity (Wildman–Crippen MR) is 92.9 cm³/mol. The zero-order valence-electron chi connectivity index (χ0n) is 13.7. The third-order valence-electron chi connectivity index (χ3n) is 3.52. The van der Waals surface area contributed by atoms with Gasteiger partial charge < -0.3 is 10.1 Å². The van der Waals surface area contributed by atoms with Gasteiger partial charge in [-0.3, -0.25) is 4.79 Å². The Kier molecular flexibility index (Phi) is 10.1. The highest BCUT2D eigenvalue weighted by Gasteiger charge is 2.16. The average molecular weight is 340 g/mol. The van der Waals surface area contributed by atoms with Crippen molar-refractivity contribution in [3.63, 3.8) is 0 Å². The summed E-state index contributed by atoms with van der Waals surface area (Å²) in [6, 6.07) is 9.87. The SMILES string of the molecule is CCCCCCOC(=O)NCC(=O)C(Cl)CCc1ccccc1. The molecule has 0 saturated carbocycles. The van der Waals surface area contributed by atoms with Crippen LogP contribution >= 0.6 is 11.6 Å². The van der Waals surface area contributed by atoms with E-state index in [4.69, 9.17) is 16.3 Å². The van der Waals surface area contributed by atoms with Gasteiger partial charge in [0, 0.05) is 0 Å². The number of ketones is 1. The molecule has 1 unspecified atom stereocenters. The average Bonchev–Trinajstić information content (AvgIpc) is 2.58. The second kappa shape index (κ2) is 11.9. The van der Waals surface area contributed by atoms with Crippen molar-refractivity contribution in [2.45, 2.75) is 50.8 Å². The molecule has 1 N–H and O–H groups in total. The van der Waals surface area contributed by atoms with E-state index in [9.17, 15) is 9.59 Å². The summed E-state index contributed by atoms with van der Waals surface area (Å²) in [5.41, 5.74) is 1.14. The number of carbonyl (C=O) groups excluding carboxylic acids is 2. The smallest absolute Gasteiger partial charge is 0.407 e. The Morgan fingerprint density at radius 3 is 2.61 bits per heavy atom. The maximum absolute atomic E-state index is 11.9. The second-order valence-corrected chi connectivity index (χ2v) is 6.04. The molecule has 1 amide bonds. The molecule has 0 fully saturated rings. The van der Waals surface area contributed by atoms with Crippen molar-refractivity contribution >= 4 is 23.5 Å². The van der Waals surface area contributed by atoms with Gasteiger partial charge in [-0.15, -0.1) is 11.6 Å². The summed E-state index contributed by atoms with van der Waals surface area (Å²) in [5.74, 6) is -0.189. The lowest BCUT2D eigenvalue weighted by atomic mass is 10.1. The largest absolute Gasteiger partial charge is 0.450 e. The maximum Gasteiger partial charge on any atom is 0.407 e. The fourth-order valence-corrected chi connectivity index (χ4v) is 2.30. The highest BCUT2D eigenvalue weighted by molar-refractivity contribution is 6.31. The number of nitrogens with one attached hydrogen (secondary N) is 1. The Morgan fingerprint density at radius 1 is 1.17 bits per heavy atom. The van der Waals surface area contributed by atoms with Gasteiger partial charge in [-0.05, 0) is 24.8 Å². The summed E-state index contributed by atoms with van der Waals surface area (Å²) in [6.07, 6.45) is 4.92. The number of alkyl halides is 1. The molecule has 128 valence electrons. The lowest BCUT2D eigenvalue weighted by Gasteiger charge is -2.10. The Labute approximate surface area is 143 Å². The van der Waals surface area contributed by atoms with Crippen LogP contribution in [0, 0.1) is 0 Å². The molecular formula is C18H26ClNO3. The minimum atomic E-state index is -0.597. The van der Waals surface area contributed by atoms with Gasteiger partial charge in [0.1, 0.15) is 0 Å². The molecule has 0 spiro atoms. The van der Waals surface area contributed by atoms with Gasteiger partial charge in [0.05, 0.1) is 18.5 Å². The van der Waals surface area contributed by atoms with Crippen LogP contribution < -0.4 is 5.32 Å². The van der Waals surface area contributed by atoms with Crippen molar-refractivity contribution < 1.29 is 14.3 Å². The van der Waals surface area contributed by atoms with E-state index in [0.717, 1.165) is 37.7 Å². The highest BCUT2D eigenvalue weighted by Crippen LogP contribution is 2.10. The molecule has 0 radical (unpaired) electrons. The number of aryl methyl sites for hydroxylation is 1.